The second-order valence-corrected chi connectivity index (χ2v) is 23.4. The molecule has 1 atom stereocenters. The molecule has 0 rings (SSSR count). The molecule has 0 saturated heterocycles. The van der Waals surface area contributed by atoms with Crippen molar-refractivity contribution in [3.05, 3.63) is 72.9 Å². The summed E-state index contributed by atoms with van der Waals surface area (Å²) < 4.78 is 16.9. The van der Waals surface area contributed by atoms with E-state index in [1.165, 1.54) is 238 Å². The average molecular weight is 1120 g/mol. The van der Waals surface area contributed by atoms with Crippen LogP contribution in [0.25, 0.3) is 0 Å². The first-order valence-electron chi connectivity index (χ1n) is 34.9. The Hall–Kier alpha value is -3.15. The standard InChI is InChI=1S/C74H132O6/c1-4-7-10-13-16-19-22-25-28-31-33-34-35-36-37-38-39-40-41-44-46-49-52-55-58-61-64-67-73(76)79-70-71(69-78-72(75)66-63-60-57-54-51-48-45-42-30-27-24-21-18-15-12-9-6-3)80-74(77)68-65-62-59-56-53-50-47-43-32-29-26-23-20-17-14-11-8-5-2/h9,12,18,21,27,29-30,32,45,48,54,57,71H,4-8,10-11,13-17,19-20,22-26,28,31,33-44,46-47,49-53,55-56,58-70H2,1-3H3/b12-9-,21-18-,30-27-,32-29-,48-45-,57-54-. The van der Waals surface area contributed by atoms with Crippen LogP contribution in [-0.4, -0.2) is 37.2 Å². The normalized spacial score (nSPS) is 12.5. The summed E-state index contributed by atoms with van der Waals surface area (Å²) in [6, 6.07) is 0. The summed E-state index contributed by atoms with van der Waals surface area (Å²) in [5.74, 6) is -0.937. The van der Waals surface area contributed by atoms with Crippen molar-refractivity contribution in [1.29, 1.82) is 0 Å². The van der Waals surface area contributed by atoms with Gasteiger partial charge in [-0.25, -0.2) is 0 Å². The van der Waals surface area contributed by atoms with E-state index in [9.17, 15) is 14.4 Å². The lowest BCUT2D eigenvalue weighted by molar-refractivity contribution is -0.167. The molecule has 0 aliphatic rings. The molecule has 6 nitrogen and oxygen atoms in total. The minimum Gasteiger partial charge on any atom is -0.462 e. The topological polar surface area (TPSA) is 78.9 Å². The molecule has 0 radical (unpaired) electrons. The fraction of sp³-hybridized carbons (Fsp3) is 0.797. The molecule has 0 amide bonds. The maximum atomic E-state index is 12.9. The molecular formula is C74H132O6. The summed E-state index contributed by atoms with van der Waals surface area (Å²) in [7, 11) is 0. The first-order valence-corrected chi connectivity index (χ1v) is 34.9. The number of esters is 3. The van der Waals surface area contributed by atoms with Gasteiger partial charge in [-0.2, -0.15) is 0 Å². The molecule has 0 bridgehead atoms. The van der Waals surface area contributed by atoms with Crippen LogP contribution in [0.3, 0.4) is 0 Å². The van der Waals surface area contributed by atoms with Crippen molar-refractivity contribution < 1.29 is 28.6 Å². The van der Waals surface area contributed by atoms with E-state index in [-0.39, 0.29) is 37.5 Å². The van der Waals surface area contributed by atoms with Gasteiger partial charge < -0.3 is 14.2 Å². The molecule has 80 heavy (non-hydrogen) atoms. The van der Waals surface area contributed by atoms with Crippen LogP contribution >= 0.6 is 0 Å². The van der Waals surface area contributed by atoms with Gasteiger partial charge in [0.15, 0.2) is 6.10 Å². The van der Waals surface area contributed by atoms with Crippen LogP contribution in [0.15, 0.2) is 72.9 Å². The molecular weight excluding hydrogens is 985 g/mol. The van der Waals surface area contributed by atoms with Crippen molar-refractivity contribution in [3.8, 4) is 0 Å². The Balaban J connectivity index is 4.32. The Morgan fingerprint density at radius 1 is 0.263 bits per heavy atom. The molecule has 0 aromatic rings. The third-order valence-electron chi connectivity index (χ3n) is 15.4. The zero-order valence-electron chi connectivity index (χ0n) is 53.3. The number of hydrogen-bond donors (Lipinski definition) is 0. The molecule has 0 N–H and O–H groups in total. The first kappa shape index (κ1) is 76.9. The van der Waals surface area contributed by atoms with Gasteiger partial charge in [-0.05, 0) is 83.5 Å². The largest absolute Gasteiger partial charge is 0.462 e. The van der Waals surface area contributed by atoms with Crippen molar-refractivity contribution in [2.24, 2.45) is 0 Å². The number of unbranched alkanes of at least 4 members (excludes halogenated alkanes) is 41. The quantitative estimate of drug-likeness (QED) is 0.0261. The second-order valence-electron chi connectivity index (χ2n) is 23.4. The number of hydrogen-bond acceptors (Lipinski definition) is 6. The maximum Gasteiger partial charge on any atom is 0.306 e. The number of carbonyl (C=O) groups is 3. The van der Waals surface area contributed by atoms with E-state index in [0.29, 0.717) is 19.3 Å². The Labute approximate surface area is 497 Å². The lowest BCUT2D eigenvalue weighted by Gasteiger charge is -2.18. The van der Waals surface area contributed by atoms with Crippen molar-refractivity contribution in [1.82, 2.24) is 0 Å². The number of ether oxygens (including phenoxy) is 3. The highest BCUT2D eigenvalue weighted by Gasteiger charge is 2.19. The van der Waals surface area contributed by atoms with Gasteiger partial charge in [-0.3, -0.25) is 14.4 Å². The van der Waals surface area contributed by atoms with Crippen LogP contribution in [0.4, 0.5) is 0 Å². The molecule has 0 fully saturated rings. The van der Waals surface area contributed by atoms with Crippen LogP contribution in [0, 0.1) is 0 Å². The van der Waals surface area contributed by atoms with Crippen molar-refractivity contribution in [2.45, 2.75) is 367 Å². The van der Waals surface area contributed by atoms with E-state index >= 15 is 0 Å². The number of rotatable bonds is 64. The summed E-state index contributed by atoms with van der Waals surface area (Å²) >= 11 is 0. The Morgan fingerprint density at radius 2 is 0.500 bits per heavy atom. The van der Waals surface area contributed by atoms with Crippen LogP contribution < -0.4 is 0 Å². The number of allylic oxidation sites excluding steroid dienone is 12. The third-order valence-corrected chi connectivity index (χ3v) is 15.4. The summed E-state index contributed by atoms with van der Waals surface area (Å²) in [5.41, 5.74) is 0. The van der Waals surface area contributed by atoms with Crippen LogP contribution in [0.5, 0.6) is 0 Å². The third kappa shape index (κ3) is 65.7. The summed E-state index contributed by atoms with van der Waals surface area (Å²) in [5, 5.41) is 0. The summed E-state index contributed by atoms with van der Waals surface area (Å²) in [6.45, 7) is 6.53. The van der Waals surface area contributed by atoms with E-state index < -0.39 is 6.10 Å². The van der Waals surface area contributed by atoms with Gasteiger partial charge >= 0.3 is 17.9 Å². The Kier molecular flexibility index (Phi) is 65.7. The zero-order chi connectivity index (χ0) is 57.8. The highest BCUT2D eigenvalue weighted by molar-refractivity contribution is 5.71. The molecule has 1 unspecified atom stereocenters. The number of carbonyl (C=O) groups excluding carboxylic acids is 3. The fourth-order valence-corrected chi connectivity index (χ4v) is 10.2. The van der Waals surface area contributed by atoms with Gasteiger partial charge in [0, 0.05) is 19.3 Å². The minimum absolute atomic E-state index is 0.0916. The first-order chi connectivity index (χ1) is 39.5. The van der Waals surface area contributed by atoms with Gasteiger partial charge in [0.05, 0.1) is 0 Å². The second kappa shape index (κ2) is 68.3. The van der Waals surface area contributed by atoms with Crippen molar-refractivity contribution in [3.63, 3.8) is 0 Å². The predicted molar refractivity (Wildman–Crippen MR) is 348 cm³/mol. The van der Waals surface area contributed by atoms with E-state index in [0.717, 1.165) is 77.0 Å². The van der Waals surface area contributed by atoms with Gasteiger partial charge in [-0.1, -0.05) is 331 Å². The Morgan fingerprint density at radius 3 is 0.825 bits per heavy atom. The summed E-state index contributed by atoms with van der Waals surface area (Å²) in [6.07, 6.45) is 89.4. The molecule has 0 aromatic heterocycles. The molecule has 6 heteroatoms. The molecule has 0 heterocycles. The van der Waals surface area contributed by atoms with Crippen molar-refractivity contribution in [2.75, 3.05) is 13.2 Å². The average Bonchev–Trinajstić information content (AvgIpc) is 3.46. The molecule has 464 valence electrons. The molecule has 0 saturated carbocycles. The zero-order valence-corrected chi connectivity index (χ0v) is 53.3. The molecule has 0 aliphatic carbocycles. The lowest BCUT2D eigenvalue weighted by Crippen LogP contribution is -2.30. The minimum atomic E-state index is -0.801. The van der Waals surface area contributed by atoms with Crippen molar-refractivity contribution >= 4 is 17.9 Å². The van der Waals surface area contributed by atoms with Crippen LogP contribution in [0.2, 0.25) is 0 Å². The summed E-state index contributed by atoms with van der Waals surface area (Å²) in [4.78, 5) is 38.4. The lowest BCUT2D eigenvalue weighted by atomic mass is 10.0. The monoisotopic (exact) mass is 1120 g/mol. The van der Waals surface area contributed by atoms with E-state index in [1.54, 1.807) is 0 Å². The van der Waals surface area contributed by atoms with E-state index in [2.05, 4.69) is 93.7 Å². The van der Waals surface area contributed by atoms with E-state index in [4.69, 9.17) is 14.2 Å². The van der Waals surface area contributed by atoms with E-state index in [1.807, 2.05) is 0 Å². The fourth-order valence-electron chi connectivity index (χ4n) is 10.2. The highest BCUT2D eigenvalue weighted by atomic mass is 16.6. The SMILES string of the molecule is CC/C=C\C/C=C\C/C=C\C/C=C\C/C=C\CCCC(=O)OCC(COC(=O)CCCCCCCCCCCCCCCCCCCCCCCCCCCCC)OC(=O)CCCCCCCCC/C=C\CCCCCCCCC. The highest BCUT2D eigenvalue weighted by Crippen LogP contribution is 2.18. The van der Waals surface area contributed by atoms with Gasteiger partial charge in [0.1, 0.15) is 13.2 Å². The smallest absolute Gasteiger partial charge is 0.306 e. The van der Waals surface area contributed by atoms with Gasteiger partial charge in [0.2, 0.25) is 0 Å². The maximum absolute atomic E-state index is 12.9. The van der Waals surface area contributed by atoms with Crippen LogP contribution in [0.1, 0.15) is 361 Å². The molecule has 0 aromatic carbocycles. The molecule has 0 spiro atoms. The predicted octanol–water partition coefficient (Wildman–Crippen LogP) is 24.1. The Bertz CT molecular complexity index is 1470. The van der Waals surface area contributed by atoms with Crippen LogP contribution in [-0.2, 0) is 28.6 Å². The van der Waals surface area contributed by atoms with Gasteiger partial charge in [-0.15, -0.1) is 0 Å². The van der Waals surface area contributed by atoms with Gasteiger partial charge in [0.25, 0.3) is 0 Å². The molecule has 0 aliphatic heterocycles.